The van der Waals surface area contributed by atoms with Gasteiger partial charge in [0.05, 0.1) is 11.1 Å². The number of amides is 3. The highest BCUT2D eigenvalue weighted by Crippen LogP contribution is 2.31. The molecular formula is C18H16N4O3S. The minimum Gasteiger partial charge on any atom is -0.349 e. The molecular weight excluding hydrogens is 352 g/mol. The van der Waals surface area contributed by atoms with Crippen LogP contribution in [0.3, 0.4) is 0 Å². The van der Waals surface area contributed by atoms with Crippen LogP contribution >= 0.6 is 11.8 Å². The number of hydrogen-bond acceptors (Lipinski definition) is 6. The minimum atomic E-state index is -0.403. The van der Waals surface area contributed by atoms with Crippen molar-refractivity contribution >= 4 is 34.9 Å². The normalized spacial score (nSPS) is 15.6. The van der Waals surface area contributed by atoms with Crippen LogP contribution in [0.5, 0.6) is 0 Å². The van der Waals surface area contributed by atoms with Gasteiger partial charge in [0.15, 0.2) is 0 Å². The maximum absolute atomic E-state index is 12.4. The van der Waals surface area contributed by atoms with E-state index in [0.29, 0.717) is 4.91 Å². The van der Waals surface area contributed by atoms with E-state index in [1.165, 1.54) is 18.6 Å². The Morgan fingerprint density at radius 3 is 2.69 bits per heavy atom. The number of thioether (sulfide) groups is 1. The Kier molecular flexibility index (Phi) is 5.43. The van der Waals surface area contributed by atoms with Crippen molar-refractivity contribution in [1.29, 1.82) is 0 Å². The molecule has 1 aliphatic heterocycles. The molecule has 0 atom stereocenters. The van der Waals surface area contributed by atoms with E-state index in [-0.39, 0.29) is 29.9 Å². The van der Waals surface area contributed by atoms with E-state index in [1.54, 1.807) is 6.08 Å². The summed E-state index contributed by atoms with van der Waals surface area (Å²) < 4.78 is 0. The first kappa shape index (κ1) is 17.8. The summed E-state index contributed by atoms with van der Waals surface area (Å²) in [5.41, 5.74) is 2.16. The maximum atomic E-state index is 12.4. The molecule has 0 unspecified atom stereocenters. The summed E-state index contributed by atoms with van der Waals surface area (Å²) in [4.78, 5) is 45.6. The molecule has 3 rings (SSSR count). The first-order chi connectivity index (χ1) is 12.5. The largest absolute Gasteiger partial charge is 0.349 e. The van der Waals surface area contributed by atoms with Gasteiger partial charge in [0.25, 0.3) is 17.1 Å². The van der Waals surface area contributed by atoms with Crippen molar-refractivity contribution in [3.63, 3.8) is 0 Å². The van der Waals surface area contributed by atoms with E-state index in [9.17, 15) is 14.4 Å². The Balaban J connectivity index is 1.59. The summed E-state index contributed by atoms with van der Waals surface area (Å²) in [5.74, 6) is -0.755. The first-order valence-corrected chi connectivity index (χ1v) is 8.72. The number of nitrogens with one attached hydrogen (secondary N) is 1. The second kappa shape index (κ2) is 7.92. The van der Waals surface area contributed by atoms with Gasteiger partial charge in [0, 0.05) is 25.5 Å². The molecule has 0 aliphatic carbocycles. The van der Waals surface area contributed by atoms with Crippen molar-refractivity contribution in [3.05, 3.63) is 64.6 Å². The first-order valence-electron chi connectivity index (χ1n) is 7.91. The van der Waals surface area contributed by atoms with Crippen LogP contribution in [-0.4, -0.2) is 45.0 Å². The van der Waals surface area contributed by atoms with Gasteiger partial charge in [-0.3, -0.25) is 24.3 Å². The molecule has 8 heteroatoms. The van der Waals surface area contributed by atoms with Crippen molar-refractivity contribution < 1.29 is 14.4 Å². The number of benzene rings is 1. The van der Waals surface area contributed by atoms with Crippen LogP contribution in [0.15, 0.2) is 47.8 Å². The highest BCUT2D eigenvalue weighted by Gasteiger charge is 2.34. The SMILES string of the molecule is Cc1ccc(C=C2SC(=O)N(CCNC(=O)c3cnccn3)C2=O)cc1. The standard InChI is InChI=1S/C18H16N4O3S/c1-12-2-4-13(5-3-12)10-15-17(24)22(18(25)26-15)9-8-21-16(23)14-11-19-6-7-20-14/h2-7,10-11H,8-9H2,1H3,(H,21,23). The predicted molar refractivity (Wildman–Crippen MR) is 98.2 cm³/mol. The summed E-state index contributed by atoms with van der Waals surface area (Å²) >= 11 is 0.900. The molecule has 26 heavy (non-hydrogen) atoms. The molecule has 132 valence electrons. The number of rotatable bonds is 5. The highest BCUT2D eigenvalue weighted by atomic mass is 32.2. The minimum absolute atomic E-state index is 0.0991. The van der Waals surface area contributed by atoms with E-state index in [4.69, 9.17) is 0 Å². The van der Waals surface area contributed by atoms with E-state index in [1.807, 2.05) is 31.2 Å². The molecule has 0 saturated carbocycles. The van der Waals surface area contributed by atoms with Gasteiger partial charge >= 0.3 is 0 Å². The molecule has 0 radical (unpaired) electrons. The summed E-state index contributed by atoms with van der Waals surface area (Å²) in [7, 11) is 0. The van der Waals surface area contributed by atoms with Gasteiger partial charge in [0.2, 0.25) is 0 Å². The van der Waals surface area contributed by atoms with Crippen molar-refractivity contribution in [2.24, 2.45) is 0 Å². The summed E-state index contributed by atoms with van der Waals surface area (Å²) in [5, 5.41) is 2.28. The maximum Gasteiger partial charge on any atom is 0.293 e. The van der Waals surface area contributed by atoms with Gasteiger partial charge < -0.3 is 5.32 Å². The molecule has 3 amide bonds. The predicted octanol–water partition coefficient (Wildman–Crippen LogP) is 2.25. The van der Waals surface area contributed by atoms with E-state index >= 15 is 0 Å². The Morgan fingerprint density at radius 1 is 1.23 bits per heavy atom. The Morgan fingerprint density at radius 2 is 2.00 bits per heavy atom. The number of aryl methyl sites for hydroxylation is 1. The molecule has 0 spiro atoms. The molecule has 2 aromatic rings. The Bertz CT molecular complexity index is 866. The van der Waals surface area contributed by atoms with Crippen LogP contribution in [0.2, 0.25) is 0 Å². The molecule has 1 saturated heterocycles. The monoisotopic (exact) mass is 368 g/mol. The van der Waals surface area contributed by atoms with E-state index in [2.05, 4.69) is 15.3 Å². The Labute approximate surface area is 154 Å². The summed E-state index contributed by atoms with van der Waals surface area (Å²) in [6.07, 6.45) is 5.93. The highest BCUT2D eigenvalue weighted by molar-refractivity contribution is 8.18. The third-order valence-electron chi connectivity index (χ3n) is 3.67. The third-order valence-corrected chi connectivity index (χ3v) is 4.57. The van der Waals surface area contributed by atoms with Crippen LogP contribution in [0, 0.1) is 6.92 Å². The van der Waals surface area contributed by atoms with Crippen molar-refractivity contribution in [3.8, 4) is 0 Å². The lowest BCUT2D eigenvalue weighted by molar-refractivity contribution is -0.122. The molecule has 1 fully saturated rings. The second-order valence-electron chi connectivity index (χ2n) is 5.59. The van der Waals surface area contributed by atoms with Crippen LogP contribution in [0.1, 0.15) is 21.6 Å². The van der Waals surface area contributed by atoms with Crippen LogP contribution in [0.4, 0.5) is 4.79 Å². The van der Waals surface area contributed by atoms with Gasteiger partial charge in [-0.2, -0.15) is 0 Å². The van der Waals surface area contributed by atoms with Crippen LogP contribution in [0.25, 0.3) is 6.08 Å². The number of nitrogens with zero attached hydrogens (tertiary/aromatic N) is 3. The van der Waals surface area contributed by atoms with Crippen LogP contribution in [-0.2, 0) is 4.79 Å². The molecule has 1 N–H and O–H groups in total. The van der Waals surface area contributed by atoms with Gasteiger partial charge in [-0.1, -0.05) is 29.8 Å². The van der Waals surface area contributed by atoms with Gasteiger partial charge in [-0.15, -0.1) is 0 Å². The zero-order chi connectivity index (χ0) is 18.5. The fourth-order valence-electron chi connectivity index (χ4n) is 2.29. The van der Waals surface area contributed by atoms with Crippen molar-refractivity contribution in [1.82, 2.24) is 20.2 Å². The van der Waals surface area contributed by atoms with Gasteiger partial charge in [0.1, 0.15) is 5.69 Å². The third kappa shape index (κ3) is 4.15. The number of hydrogen-bond donors (Lipinski definition) is 1. The quantitative estimate of drug-likeness (QED) is 0.814. The van der Waals surface area contributed by atoms with Gasteiger partial charge in [-0.05, 0) is 30.3 Å². The average Bonchev–Trinajstić information content (AvgIpc) is 2.91. The van der Waals surface area contributed by atoms with Crippen molar-refractivity contribution in [2.75, 3.05) is 13.1 Å². The summed E-state index contributed by atoms with van der Waals surface area (Å²) in [6, 6.07) is 7.67. The molecule has 2 heterocycles. The zero-order valence-corrected chi connectivity index (χ0v) is 14.8. The number of carbonyl (C=O) groups is 3. The molecule has 1 aromatic carbocycles. The molecule has 0 bridgehead atoms. The lowest BCUT2D eigenvalue weighted by Gasteiger charge is -2.12. The topological polar surface area (TPSA) is 92.3 Å². The van der Waals surface area contributed by atoms with Crippen LogP contribution < -0.4 is 5.32 Å². The van der Waals surface area contributed by atoms with Crippen molar-refractivity contribution in [2.45, 2.75) is 6.92 Å². The molecule has 7 nitrogen and oxygen atoms in total. The second-order valence-corrected chi connectivity index (χ2v) is 6.58. The zero-order valence-electron chi connectivity index (χ0n) is 14.0. The number of carbonyl (C=O) groups excluding carboxylic acids is 3. The molecule has 1 aliphatic rings. The molecule has 1 aromatic heterocycles. The summed E-state index contributed by atoms with van der Waals surface area (Å²) in [6.45, 7) is 2.22. The Hall–Kier alpha value is -3.00. The fraction of sp³-hybridized carbons (Fsp3) is 0.167. The van der Waals surface area contributed by atoms with Gasteiger partial charge in [-0.25, -0.2) is 4.98 Å². The number of imide groups is 1. The fourth-order valence-corrected chi connectivity index (χ4v) is 3.16. The average molecular weight is 368 g/mol. The van der Waals surface area contributed by atoms with E-state index in [0.717, 1.165) is 27.8 Å². The smallest absolute Gasteiger partial charge is 0.293 e. The lowest BCUT2D eigenvalue weighted by atomic mass is 10.1. The number of aromatic nitrogens is 2. The van der Waals surface area contributed by atoms with E-state index < -0.39 is 5.91 Å². The lowest BCUT2D eigenvalue weighted by Crippen LogP contribution is -2.37.